The van der Waals surface area contributed by atoms with Crippen molar-refractivity contribution >= 4 is 17.7 Å². The van der Waals surface area contributed by atoms with E-state index in [0.29, 0.717) is 29.0 Å². The Labute approximate surface area is 158 Å². The van der Waals surface area contributed by atoms with E-state index >= 15 is 0 Å². The van der Waals surface area contributed by atoms with Gasteiger partial charge in [0.15, 0.2) is 6.79 Å². The molecule has 138 valence electrons. The summed E-state index contributed by atoms with van der Waals surface area (Å²) in [4.78, 5) is 11.3. The van der Waals surface area contributed by atoms with Gasteiger partial charge in [-0.15, -0.1) is 10.2 Å². The summed E-state index contributed by atoms with van der Waals surface area (Å²) in [5.74, 6) is 1.23. The number of hydroxylamine groups is 1. The number of ether oxygens (including phenoxy) is 2. The van der Waals surface area contributed by atoms with E-state index in [0.717, 1.165) is 22.4 Å². The maximum Gasteiger partial charge on any atom is 0.277 e. The van der Waals surface area contributed by atoms with Crippen LogP contribution in [0, 0.1) is 0 Å². The van der Waals surface area contributed by atoms with E-state index in [-0.39, 0.29) is 6.79 Å². The molecule has 0 fully saturated rings. The molecule has 2 N–H and O–H groups in total. The molecule has 1 aliphatic rings. The molecule has 9 heteroatoms. The predicted octanol–water partition coefficient (Wildman–Crippen LogP) is 3.01. The fourth-order valence-corrected chi connectivity index (χ4v) is 3.36. The van der Waals surface area contributed by atoms with Gasteiger partial charge in [-0.05, 0) is 29.8 Å². The van der Waals surface area contributed by atoms with Crippen molar-refractivity contribution in [2.24, 2.45) is 0 Å². The number of nitrogens with zero attached hydrogens (tertiary/aromatic N) is 2. The van der Waals surface area contributed by atoms with Crippen molar-refractivity contribution in [3.8, 4) is 17.2 Å². The van der Waals surface area contributed by atoms with E-state index in [2.05, 4.69) is 10.2 Å². The molecule has 0 aliphatic carbocycles. The van der Waals surface area contributed by atoms with Gasteiger partial charge in [-0.3, -0.25) is 10.0 Å². The summed E-state index contributed by atoms with van der Waals surface area (Å²) in [5.41, 5.74) is 4.65. The fraction of sp³-hybridized carbons (Fsp3) is 0.167. The monoisotopic (exact) mass is 385 g/mol. The number of aromatic nitrogens is 2. The van der Waals surface area contributed by atoms with E-state index in [1.807, 2.05) is 18.2 Å². The number of hydrogen-bond donors (Lipinski definition) is 2. The maximum atomic E-state index is 11.3. The Balaban J connectivity index is 1.45. The van der Waals surface area contributed by atoms with Gasteiger partial charge in [0.1, 0.15) is 5.75 Å². The lowest BCUT2D eigenvalue weighted by Crippen LogP contribution is -2.18. The minimum Gasteiger partial charge on any atom is -0.467 e. The van der Waals surface area contributed by atoms with Crippen LogP contribution in [-0.2, 0) is 17.1 Å². The summed E-state index contributed by atoms with van der Waals surface area (Å²) < 4.78 is 16.6. The molecular formula is C18H15N3O5S. The maximum absolute atomic E-state index is 11.3. The highest BCUT2D eigenvalue weighted by atomic mass is 32.2. The number of carbonyl (C=O) groups is 1. The van der Waals surface area contributed by atoms with Gasteiger partial charge in [-0.1, -0.05) is 30.0 Å². The van der Waals surface area contributed by atoms with Crippen molar-refractivity contribution in [1.29, 1.82) is 0 Å². The van der Waals surface area contributed by atoms with E-state index in [1.165, 1.54) is 11.8 Å². The average Bonchev–Trinajstić information content (AvgIpc) is 3.20. The van der Waals surface area contributed by atoms with Crippen LogP contribution < -0.4 is 10.2 Å². The summed E-state index contributed by atoms with van der Waals surface area (Å²) in [6.07, 6.45) is 0. The zero-order chi connectivity index (χ0) is 18.6. The SMILES string of the molecule is O=C(NO)c1ccc(CSc2nnc(-c3cccc4c3COCO4)o2)cc1. The zero-order valence-electron chi connectivity index (χ0n) is 14.0. The van der Waals surface area contributed by atoms with E-state index < -0.39 is 5.91 Å². The van der Waals surface area contributed by atoms with Gasteiger partial charge in [-0.25, -0.2) is 5.48 Å². The van der Waals surface area contributed by atoms with Crippen molar-refractivity contribution < 1.29 is 23.9 Å². The summed E-state index contributed by atoms with van der Waals surface area (Å²) in [6.45, 7) is 0.671. The first-order chi connectivity index (χ1) is 13.2. The normalized spacial score (nSPS) is 12.9. The van der Waals surface area contributed by atoms with Crippen molar-refractivity contribution in [3.63, 3.8) is 0 Å². The summed E-state index contributed by atoms with van der Waals surface area (Å²) in [6, 6.07) is 12.5. The Kier molecular flexibility index (Phi) is 5.05. The van der Waals surface area contributed by atoms with Crippen molar-refractivity contribution in [1.82, 2.24) is 15.7 Å². The van der Waals surface area contributed by atoms with Gasteiger partial charge in [-0.2, -0.15) is 0 Å². The first-order valence-corrected chi connectivity index (χ1v) is 9.05. The van der Waals surface area contributed by atoms with Crippen LogP contribution in [0.5, 0.6) is 5.75 Å². The Hall–Kier alpha value is -2.88. The first-order valence-electron chi connectivity index (χ1n) is 8.07. The molecule has 3 aromatic rings. The number of thioether (sulfide) groups is 1. The van der Waals surface area contributed by atoms with E-state index in [4.69, 9.17) is 19.1 Å². The van der Waals surface area contributed by atoms with Crippen molar-refractivity contribution in [2.75, 3.05) is 6.79 Å². The minimum absolute atomic E-state index is 0.236. The van der Waals surface area contributed by atoms with E-state index in [9.17, 15) is 4.79 Å². The third-order valence-corrected chi connectivity index (χ3v) is 4.88. The number of fused-ring (bicyclic) bond motifs is 1. The standard InChI is InChI=1S/C18H15N3O5S/c22-16(21-23)12-6-4-11(5-7-12)9-27-18-20-19-17(26-18)13-2-1-3-15-14(13)8-24-10-25-15/h1-7,23H,8-10H2,(H,21,22). The third-order valence-electron chi connectivity index (χ3n) is 3.99. The van der Waals surface area contributed by atoms with Gasteiger partial charge in [0.25, 0.3) is 11.1 Å². The molecular weight excluding hydrogens is 370 g/mol. The van der Waals surface area contributed by atoms with Crippen LogP contribution in [-0.4, -0.2) is 28.1 Å². The number of carbonyl (C=O) groups excluding carboxylic acids is 1. The molecule has 2 heterocycles. The van der Waals surface area contributed by atoms with Crippen molar-refractivity contribution in [3.05, 3.63) is 59.2 Å². The lowest BCUT2D eigenvalue weighted by molar-refractivity contribution is -0.0161. The first kappa shape index (κ1) is 17.5. The highest BCUT2D eigenvalue weighted by Crippen LogP contribution is 2.34. The zero-order valence-corrected chi connectivity index (χ0v) is 14.9. The molecule has 8 nitrogen and oxygen atoms in total. The van der Waals surface area contributed by atoms with Gasteiger partial charge >= 0.3 is 0 Å². The quantitative estimate of drug-likeness (QED) is 0.392. The highest BCUT2D eigenvalue weighted by Gasteiger charge is 2.19. The Morgan fingerprint density at radius 1 is 1.19 bits per heavy atom. The van der Waals surface area contributed by atoms with Gasteiger partial charge in [0.2, 0.25) is 5.89 Å². The molecule has 27 heavy (non-hydrogen) atoms. The second kappa shape index (κ2) is 7.78. The topological polar surface area (TPSA) is 107 Å². The molecule has 0 saturated carbocycles. The van der Waals surface area contributed by atoms with Gasteiger partial charge in [0, 0.05) is 22.4 Å². The van der Waals surface area contributed by atoms with Crippen LogP contribution in [0.4, 0.5) is 0 Å². The molecule has 0 unspecified atom stereocenters. The molecule has 0 saturated heterocycles. The van der Waals surface area contributed by atoms with Crippen LogP contribution in [0.2, 0.25) is 0 Å². The third kappa shape index (κ3) is 3.80. The lowest BCUT2D eigenvalue weighted by atomic mass is 10.1. The Morgan fingerprint density at radius 2 is 2.04 bits per heavy atom. The van der Waals surface area contributed by atoms with Gasteiger partial charge < -0.3 is 13.9 Å². The average molecular weight is 385 g/mol. The summed E-state index contributed by atoms with van der Waals surface area (Å²) in [5, 5.41) is 17.3. The van der Waals surface area contributed by atoms with Gasteiger partial charge in [0.05, 0.1) is 6.61 Å². The molecule has 1 amide bonds. The largest absolute Gasteiger partial charge is 0.467 e. The molecule has 2 aromatic carbocycles. The number of amides is 1. The fourth-order valence-electron chi connectivity index (χ4n) is 2.64. The van der Waals surface area contributed by atoms with Crippen LogP contribution >= 0.6 is 11.8 Å². The molecule has 0 radical (unpaired) electrons. The number of hydrogen-bond acceptors (Lipinski definition) is 8. The molecule has 0 atom stereocenters. The molecule has 0 spiro atoms. The molecule has 1 aliphatic heterocycles. The molecule has 1 aromatic heterocycles. The molecule has 4 rings (SSSR count). The predicted molar refractivity (Wildman–Crippen MR) is 95.3 cm³/mol. The second-order valence-corrected chi connectivity index (χ2v) is 6.62. The minimum atomic E-state index is -0.546. The smallest absolute Gasteiger partial charge is 0.277 e. The van der Waals surface area contributed by atoms with Crippen LogP contribution in [0.3, 0.4) is 0 Å². The number of rotatable bonds is 5. The summed E-state index contributed by atoms with van der Waals surface area (Å²) >= 11 is 1.39. The second-order valence-electron chi connectivity index (χ2n) is 5.69. The van der Waals surface area contributed by atoms with Crippen LogP contribution in [0.15, 0.2) is 52.1 Å². The lowest BCUT2D eigenvalue weighted by Gasteiger charge is -2.18. The number of benzene rings is 2. The Morgan fingerprint density at radius 3 is 2.85 bits per heavy atom. The Bertz CT molecular complexity index is 958. The molecule has 0 bridgehead atoms. The highest BCUT2D eigenvalue weighted by molar-refractivity contribution is 7.98. The van der Waals surface area contributed by atoms with Crippen LogP contribution in [0.1, 0.15) is 21.5 Å². The number of nitrogens with one attached hydrogen (secondary N) is 1. The summed E-state index contributed by atoms with van der Waals surface area (Å²) in [7, 11) is 0. The van der Waals surface area contributed by atoms with E-state index in [1.54, 1.807) is 29.7 Å². The van der Waals surface area contributed by atoms with Crippen LogP contribution in [0.25, 0.3) is 11.5 Å². The van der Waals surface area contributed by atoms with Crippen molar-refractivity contribution in [2.45, 2.75) is 17.6 Å².